The highest BCUT2D eigenvalue weighted by molar-refractivity contribution is 5.94. The number of furan rings is 1. The first-order chi connectivity index (χ1) is 12.1. The van der Waals surface area contributed by atoms with Gasteiger partial charge in [0.15, 0.2) is 0 Å². The Kier molecular flexibility index (Phi) is 4.69. The van der Waals surface area contributed by atoms with Gasteiger partial charge in [-0.15, -0.1) is 0 Å². The fourth-order valence-corrected chi connectivity index (χ4v) is 2.36. The number of hydrogen-bond acceptors (Lipinski definition) is 6. The monoisotopic (exact) mass is 344 g/mol. The van der Waals surface area contributed by atoms with E-state index in [9.17, 15) is 14.4 Å². The van der Waals surface area contributed by atoms with Crippen LogP contribution in [0.1, 0.15) is 17.5 Å². The topological polar surface area (TPSA) is 107 Å². The van der Waals surface area contributed by atoms with Gasteiger partial charge in [-0.3, -0.25) is 0 Å². The number of ether oxygens (including phenoxy) is 2. The zero-order valence-corrected chi connectivity index (χ0v) is 13.5. The maximum atomic E-state index is 12.2. The van der Waals surface area contributed by atoms with Crippen molar-refractivity contribution in [1.82, 2.24) is 10.6 Å². The molecule has 0 spiro atoms. The number of carbonyl (C=O) groups excluding carboxylic acids is 3. The minimum atomic E-state index is -0.695. The molecule has 2 amide bonds. The third kappa shape index (κ3) is 3.63. The summed E-state index contributed by atoms with van der Waals surface area (Å²) >= 11 is 0. The normalized spacial score (nSPS) is 14.0. The third-order valence-electron chi connectivity index (χ3n) is 3.55. The van der Waals surface area contributed by atoms with Gasteiger partial charge in [0.1, 0.15) is 12.2 Å². The minimum absolute atomic E-state index is 0.00217. The third-order valence-corrected chi connectivity index (χ3v) is 3.55. The van der Waals surface area contributed by atoms with Crippen molar-refractivity contribution in [3.63, 3.8) is 0 Å². The van der Waals surface area contributed by atoms with Crippen molar-refractivity contribution in [2.45, 2.75) is 6.92 Å². The standard InChI is InChI=1S/C17H16N2O6/c1-2-23-15(20)11-8-18-17(22)19-12(11)9-24-16(21)14-7-10-5-3-4-6-13(10)25-14/h3-7H,2,8-9H2,1H3,(H2,18,19,22). The molecule has 0 saturated heterocycles. The first-order valence-corrected chi connectivity index (χ1v) is 7.68. The number of benzene rings is 1. The Balaban J connectivity index is 1.74. The van der Waals surface area contributed by atoms with Crippen LogP contribution in [0.2, 0.25) is 0 Å². The molecule has 0 bridgehead atoms. The number of para-hydroxylation sites is 1. The van der Waals surface area contributed by atoms with Crippen LogP contribution < -0.4 is 10.6 Å². The lowest BCUT2D eigenvalue weighted by atomic mass is 10.2. The summed E-state index contributed by atoms with van der Waals surface area (Å²) in [5.41, 5.74) is 0.960. The van der Waals surface area contributed by atoms with Crippen LogP contribution in [-0.4, -0.2) is 37.7 Å². The van der Waals surface area contributed by atoms with Crippen LogP contribution in [0.25, 0.3) is 11.0 Å². The van der Waals surface area contributed by atoms with Crippen LogP contribution in [0.4, 0.5) is 4.79 Å². The molecule has 3 rings (SSSR count). The molecular weight excluding hydrogens is 328 g/mol. The number of fused-ring (bicyclic) bond motifs is 1. The van der Waals surface area contributed by atoms with Crippen LogP contribution in [0.3, 0.4) is 0 Å². The van der Waals surface area contributed by atoms with Crippen molar-refractivity contribution < 1.29 is 28.3 Å². The van der Waals surface area contributed by atoms with Gasteiger partial charge in [0.25, 0.3) is 0 Å². The summed E-state index contributed by atoms with van der Waals surface area (Å²) in [4.78, 5) is 35.5. The summed E-state index contributed by atoms with van der Waals surface area (Å²) in [6.45, 7) is 1.59. The van der Waals surface area contributed by atoms with Gasteiger partial charge in [0, 0.05) is 5.39 Å². The summed E-state index contributed by atoms with van der Waals surface area (Å²) in [5.74, 6) is -1.23. The van der Waals surface area contributed by atoms with E-state index in [1.165, 1.54) is 0 Å². The molecule has 130 valence electrons. The van der Waals surface area contributed by atoms with E-state index in [4.69, 9.17) is 13.9 Å². The van der Waals surface area contributed by atoms with Crippen molar-refractivity contribution in [2.75, 3.05) is 19.8 Å². The van der Waals surface area contributed by atoms with Crippen molar-refractivity contribution >= 4 is 28.9 Å². The first kappa shape index (κ1) is 16.6. The van der Waals surface area contributed by atoms with E-state index in [0.717, 1.165) is 5.39 Å². The number of carbonyl (C=O) groups is 3. The average molecular weight is 344 g/mol. The van der Waals surface area contributed by atoms with Gasteiger partial charge in [-0.1, -0.05) is 18.2 Å². The van der Waals surface area contributed by atoms with E-state index in [1.807, 2.05) is 12.1 Å². The quantitative estimate of drug-likeness (QED) is 0.800. The summed E-state index contributed by atoms with van der Waals surface area (Å²) in [7, 11) is 0. The Labute approximate surface area is 142 Å². The second-order valence-corrected chi connectivity index (χ2v) is 5.21. The number of nitrogens with one attached hydrogen (secondary N) is 2. The molecule has 2 N–H and O–H groups in total. The lowest BCUT2D eigenvalue weighted by Gasteiger charge is -2.20. The first-order valence-electron chi connectivity index (χ1n) is 7.68. The number of rotatable bonds is 5. The maximum absolute atomic E-state index is 12.2. The summed E-state index contributed by atoms with van der Waals surface area (Å²) < 4.78 is 15.5. The molecule has 25 heavy (non-hydrogen) atoms. The molecule has 1 aromatic heterocycles. The molecule has 0 radical (unpaired) electrons. The van der Waals surface area contributed by atoms with Gasteiger partial charge in [0.2, 0.25) is 5.76 Å². The highest BCUT2D eigenvalue weighted by atomic mass is 16.5. The van der Waals surface area contributed by atoms with E-state index >= 15 is 0 Å². The zero-order chi connectivity index (χ0) is 17.8. The van der Waals surface area contributed by atoms with Crippen LogP contribution >= 0.6 is 0 Å². The highest BCUT2D eigenvalue weighted by Gasteiger charge is 2.25. The largest absolute Gasteiger partial charge is 0.463 e. The number of urea groups is 1. The average Bonchev–Trinajstić information content (AvgIpc) is 3.04. The van der Waals surface area contributed by atoms with Gasteiger partial charge >= 0.3 is 18.0 Å². The summed E-state index contributed by atoms with van der Waals surface area (Å²) in [6.07, 6.45) is 0. The Bertz CT molecular complexity index is 834. The highest BCUT2D eigenvalue weighted by Crippen LogP contribution is 2.19. The van der Waals surface area contributed by atoms with Crippen LogP contribution in [0.5, 0.6) is 0 Å². The van der Waals surface area contributed by atoms with Gasteiger partial charge in [-0.05, 0) is 19.1 Å². The molecule has 0 unspecified atom stereocenters. The summed E-state index contributed by atoms with van der Waals surface area (Å²) in [6, 6.07) is 8.25. The molecule has 2 heterocycles. The zero-order valence-electron chi connectivity index (χ0n) is 13.5. The predicted octanol–water partition coefficient (Wildman–Crippen LogP) is 1.72. The van der Waals surface area contributed by atoms with Gasteiger partial charge in [-0.25, -0.2) is 14.4 Å². The molecule has 2 aromatic rings. The van der Waals surface area contributed by atoms with Crippen molar-refractivity contribution in [3.05, 3.63) is 47.4 Å². The van der Waals surface area contributed by atoms with E-state index in [1.54, 1.807) is 25.1 Å². The van der Waals surface area contributed by atoms with Crippen LogP contribution in [0.15, 0.2) is 46.0 Å². The molecule has 0 saturated carbocycles. The SMILES string of the molecule is CCOC(=O)C1=C(COC(=O)c2cc3ccccc3o2)NC(=O)NC1. The van der Waals surface area contributed by atoms with Crippen molar-refractivity contribution in [3.8, 4) is 0 Å². The molecule has 8 nitrogen and oxygen atoms in total. The Morgan fingerprint density at radius 1 is 1.20 bits per heavy atom. The molecule has 1 aliphatic heterocycles. The number of amides is 2. The second kappa shape index (κ2) is 7.08. The van der Waals surface area contributed by atoms with Gasteiger partial charge in [0.05, 0.1) is 24.4 Å². The number of esters is 2. The lowest BCUT2D eigenvalue weighted by molar-refractivity contribution is -0.138. The smallest absolute Gasteiger partial charge is 0.374 e. The lowest BCUT2D eigenvalue weighted by Crippen LogP contribution is -2.45. The summed E-state index contributed by atoms with van der Waals surface area (Å²) in [5, 5.41) is 5.70. The fraction of sp³-hybridized carbons (Fsp3) is 0.235. The van der Waals surface area contributed by atoms with E-state index in [0.29, 0.717) is 5.58 Å². The Hall–Kier alpha value is -3.29. The van der Waals surface area contributed by atoms with Crippen LogP contribution in [-0.2, 0) is 14.3 Å². The minimum Gasteiger partial charge on any atom is -0.463 e. The van der Waals surface area contributed by atoms with E-state index in [-0.39, 0.29) is 36.8 Å². The maximum Gasteiger partial charge on any atom is 0.374 e. The molecule has 8 heteroatoms. The fourth-order valence-electron chi connectivity index (χ4n) is 2.36. The Morgan fingerprint density at radius 3 is 2.76 bits per heavy atom. The van der Waals surface area contributed by atoms with E-state index < -0.39 is 18.0 Å². The molecule has 1 aromatic carbocycles. The molecular formula is C17H16N2O6. The van der Waals surface area contributed by atoms with Gasteiger partial charge < -0.3 is 24.5 Å². The molecule has 0 fully saturated rings. The second-order valence-electron chi connectivity index (χ2n) is 5.21. The Morgan fingerprint density at radius 2 is 2.00 bits per heavy atom. The molecule has 1 aliphatic rings. The molecule has 0 aliphatic carbocycles. The molecule has 0 atom stereocenters. The van der Waals surface area contributed by atoms with Gasteiger partial charge in [-0.2, -0.15) is 0 Å². The van der Waals surface area contributed by atoms with Crippen molar-refractivity contribution in [1.29, 1.82) is 0 Å². The van der Waals surface area contributed by atoms with E-state index in [2.05, 4.69) is 10.6 Å². The predicted molar refractivity (Wildman–Crippen MR) is 86.7 cm³/mol. The van der Waals surface area contributed by atoms with Crippen LogP contribution in [0, 0.1) is 0 Å². The van der Waals surface area contributed by atoms with Crippen molar-refractivity contribution in [2.24, 2.45) is 0 Å². The number of hydrogen-bond donors (Lipinski definition) is 2.